The monoisotopic (exact) mass is 396 g/mol. The Bertz CT molecular complexity index is 930. The van der Waals surface area contributed by atoms with E-state index in [-0.39, 0.29) is 11.2 Å². The van der Waals surface area contributed by atoms with Gasteiger partial charge in [-0.15, -0.1) is 10.2 Å². The average molecular weight is 397 g/mol. The summed E-state index contributed by atoms with van der Waals surface area (Å²) < 4.78 is 7.59. The maximum atomic E-state index is 12.6. The van der Waals surface area contributed by atoms with Gasteiger partial charge < -0.3 is 9.73 Å². The van der Waals surface area contributed by atoms with Crippen molar-refractivity contribution in [3.63, 3.8) is 0 Å². The summed E-state index contributed by atoms with van der Waals surface area (Å²) in [4.78, 5) is 12.6. The Morgan fingerprint density at radius 2 is 2.07 bits per heavy atom. The lowest BCUT2D eigenvalue weighted by Gasteiger charge is -2.13. The molecule has 0 saturated heterocycles. The molecule has 1 atom stereocenters. The zero-order valence-electron chi connectivity index (χ0n) is 16.1. The summed E-state index contributed by atoms with van der Waals surface area (Å²) in [7, 11) is 0. The number of aromatic nitrogens is 3. The molecule has 6 nitrogen and oxygen atoms in total. The average Bonchev–Trinajstić information content (AvgIpc) is 3.27. The highest BCUT2D eigenvalue weighted by atomic mass is 32.2. The molecule has 0 aliphatic heterocycles. The van der Waals surface area contributed by atoms with E-state index in [1.807, 2.05) is 31.2 Å². The Balaban J connectivity index is 1.41. The summed E-state index contributed by atoms with van der Waals surface area (Å²) >= 11 is 1.44. The van der Waals surface area contributed by atoms with E-state index in [0.29, 0.717) is 19.0 Å². The minimum absolute atomic E-state index is 0.00824. The molecule has 1 saturated carbocycles. The lowest BCUT2D eigenvalue weighted by molar-refractivity contribution is -0.120. The van der Waals surface area contributed by atoms with Gasteiger partial charge in [-0.2, -0.15) is 0 Å². The Labute approximate surface area is 168 Å². The Morgan fingerprint density at radius 1 is 1.29 bits per heavy atom. The van der Waals surface area contributed by atoms with Gasteiger partial charge in [0.2, 0.25) is 5.91 Å². The molecule has 1 fully saturated rings. The van der Waals surface area contributed by atoms with Crippen LogP contribution in [0.3, 0.4) is 0 Å². The molecule has 146 valence electrons. The molecule has 1 aliphatic carbocycles. The third-order valence-electron chi connectivity index (χ3n) is 4.82. The second-order valence-corrected chi connectivity index (χ2v) is 8.55. The van der Waals surface area contributed by atoms with Gasteiger partial charge in [-0.1, -0.05) is 41.6 Å². The van der Waals surface area contributed by atoms with Crippen LogP contribution < -0.4 is 5.32 Å². The molecule has 2 heterocycles. The number of thioether (sulfide) groups is 1. The van der Waals surface area contributed by atoms with Crippen LogP contribution in [0.4, 0.5) is 0 Å². The first-order valence-electron chi connectivity index (χ1n) is 9.55. The molecule has 1 amide bonds. The molecule has 2 aromatic heterocycles. The number of aryl methyl sites for hydroxylation is 1. The summed E-state index contributed by atoms with van der Waals surface area (Å²) in [6.45, 7) is 5.07. The minimum Gasteiger partial charge on any atom is -0.467 e. The van der Waals surface area contributed by atoms with Gasteiger partial charge in [0.1, 0.15) is 11.6 Å². The minimum atomic E-state index is -0.267. The Hall–Kier alpha value is -2.54. The van der Waals surface area contributed by atoms with E-state index < -0.39 is 0 Å². The van der Waals surface area contributed by atoms with Crippen molar-refractivity contribution in [1.82, 2.24) is 20.1 Å². The fourth-order valence-corrected chi connectivity index (χ4v) is 3.87. The zero-order chi connectivity index (χ0) is 19.5. The number of hydrogen-bond acceptors (Lipinski definition) is 5. The Morgan fingerprint density at radius 3 is 2.75 bits per heavy atom. The van der Waals surface area contributed by atoms with Gasteiger partial charge in [-0.3, -0.25) is 9.36 Å². The smallest absolute Gasteiger partial charge is 0.233 e. The van der Waals surface area contributed by atoms with Crippen LogP contribution >= 0.6 is 11.8 Å². The van der Waals surface area contributed by atoms with Crippen LogP contribution in [-0.4, -0.2) is 25.9 Å². The van der Waals surface area contributed by atoms with Crippen molar-refractivity contribution in [2.75, 3.05) is 0 Å². The number of carbonyl (C=O) groups excluding carboxylic acids is 1. The molecule has 1 aromatic carbocycles. The molecule has 4 rings (SSSR count). The molecular weight excluding hydrogens is 372 g/mol. The summed E-state index contributed by atoms with van der Waals surface area (Å²) in [6, 6.07) is 12.0. The molecule has 7 heteroatoms. The summed E-state index contributed by atoms with van der Waals surface area (Å²) in [5, 5.41) is 12.3. The first kappa shape index (κ1) is 18.8. The number of amides is 1. The van der Waals surface area contributed by atoms with Crippen LogP contribution in [0.1, 0.15) is 48.4 Å². The Kier molecular flexibility index (Phi) is 5.52. The first-order chi connectivity index (χ1) is 13.6. The van der Waals surface area contributed by atoms with E-state index in [1.54, 1.807) is 6.26 Å². The van der Waals surface area contributed by atoms with E-state index >= 15 is 0 Å². The van der Waals surface area contributed by atoms with Crippen LogP contribution in [0.2, 0.25) is 0 Å². The van der Waals surface area contributed by atoms with Gasteiger partial charge in [0.15, 0.2) is 5.16 Å². The van der Waals surface area contributed by atoms with Crippen LogP contribution in [0, 0.1) is 6.92 Å². The number of carbonyl (C=O) groups is 1. The third kappa shape index (κ3) is 4.47. The van der Waals surface area contributed by atoms with Crippen LogP contribution in [0.5, 0.6) is 0 Å². The van der Waals surface area contributed by atoms with Crippen LogP contribution in [0.15, 0.2) is 52.2 Å². The van der Waals surface area contributed by atoms with Crippen molar-refractivity contribution in [2.45, 2.75) is 56.1 Å². The quantitative estimate of drug-likeness (QED) is 0.585. The maximum absolute atomic E-state index is 12.6. The van der Waals surface area contributed by atoms with Gasteiger partial charge in [0.05, 0.1) is 18.1 Å². The predicted octanol–water partition coefficient (Wildman–Crippen LogP) is 3.90. The molecule has 1 N–H and O–H groups in total. The topological polar surface area (TPSA) is 73.0 Å². The summed E-state index contributed by atoms with van der Waals surface area (Å²) in [5.74, 6) is 2.32. The fourth-order valence-electron chi connectivity index (χ4n) is 2.99. The number of furan rings is 1. The van der Waals surface area contributed by atoms with Crippen molar-refractivity contribution in [3.8, 4) is 0 Å². The van der Waals surface area contributed by atoms with Crippen molar-refractivity contribution in [1.29, 1.82) is 0 Å². The highest BCUT2D eigenvalue weighted by molar-refractivity contribution is 8.00. The highest BCUT2D eigenvalue weighted by Gasteiger charge is 2.31. The van der Waals surface area contributed by atoms with Gasteiger partial charge in [0.25, 0.3) is 0 Å². The fraction of sp³-hybridized carbons (Fsp3) is 0.381. The number of rotatable bonds is 8. The highest BCUT2D eigenvalue weighted by Crippen LogP contribution is 2.40. The molecule has 28 heavy (non-hydrogen) atoms. The van der Waals surface area contributed by atoms with E-state index in [4.69, 9.17) is 4.42 Å². The van der Waals surface area contributed by atoms with Gasteiger partial charge in [-0.25, -0.2) is 0 Å². The number of hydrogen-bond donors (Lipinski definition) is 1. The standard InChI is InChI=1S/C21H24N4O2S/c1-14-5-7-16(8-6-14)12-22-20(26)15(2)28-21-24-23-19(17-9-10-17)25(21)13-18-4-3-11-27-18/h3-8,11,15,17H,9-10,12-13H2,1-2H3,(H,22,26). The maximum Gasteiger partial charge on any atom is 0.233 e. The zero-order valence-corrected chi connectivity index (χ0v) is 16.9. The molecule has 0 radical (unpaired) electrons. The number of nitrogens with one attached hydrogen (secondary N) is 1. The second kappa shape index (κ2) is 8.22. The van der Waals surface area contributed by atoms with Crippen LogP contribution in [0.25, 0.3) is 0 Å². The molecule has 1 unspecified atom stereocenters. The molecular formula is C21H24N4O2S. The van der Waals surface area contributed by atoms with Gasteiger partial charge in [0, 0.05) is 12.5 Å². The molecule has 1 aliphatic rings. The normalized spacial score (nSPS) is 14.8. The number of nitrogens with zero attached hydrogens (tertiary/aromatic N) is 3. The lowest BCUT2D eigenvalue weighted by atomic mass is 10.1. The second-order valence-electron chi connectivity index (χ2n) is 7.24. The predicted molar refractivity (Wildman–Crippen MR) is 108 cm³/mol. The van der Waals surface area contributed by atoms with E-state index in [9.17, 15) is 4.79 Å². The van der Waals surface area contributed by atoms with Crippen molar-refractivity contribution < 1.29 is 9.21 Å². The van der Waals surface area contributed by atoms with Crippen molar-refractivity contribution in [2.24, 2.45) is 0 Å². The van der Waals surface area contributed by atoms with E-state index in [2.05, 4.69) is 39.1 Å². The van der Waals surface area contributed by atoms with E-state index in [0.717, 1.165) is 35.1 Å². The molecule has 0 spiro atoms. The summed E-state index contributed by atoms with van der Waals surface area (Å²) in [5.41, 5.74) is 2.30. The lowest BCUT2D eigenvalue weighted by Crippen LogP contribution is -2.30. The first-order valence-corrected chi connectivity index (χ1v) is 10.4. The van der Waals surface area contributed by atoms with Crippen molar-refractivity contribution >= 4 is 17.7 Å². The largest absolute Gasteiger partial charge is 0.467 e. The molecule has 0 bridgehead atoms. The van der Waals surface area contributed by atoms with Gasteiger partial charge in [-0.05, 0) is 44.4 Å². The third-order valence-corrected chi connectivity index (χ3v) is 5.90. The van der Waals surface area contributed by atoms with Gasteiger partial charge >= 0.3 is 0 Å². The van der Waals surface area contributed by atoms with Crippen molar-refractivity contribution in [3.05, 3.63) is 65.4 Å². The summed E-state index contributed by atoms with van der Waals surface area (Å²) in [6.07, 6.45) is 3.96. The van der Waals surface area contributed by atoms with E-state index in [1.165, 1.54) is 17.3 Å². The SMILES string of the molecule is Cc1ccc(CNC(=O)C(C)Sc2nnc(C3CC3)n2Cc2ccco2)cc1. The molecule has 3 aromatic rings. The number of benzene rings is 1. The van der Waals surface area contributed by atoms with Crippen LogP contribution in [-0.2, 0) is 17.9 Å².